The van der Waals surface area contributed by atoms with E-state index in [1.807, 2.05) is 24.3 Å². The minimum absolute atomic E-state index is 0.175. The Bertz CT molecular complexity index is 857. The van der Waals surface area contributed by atoms with Gasteiger partial charge in [0.25, 0.3) is 0 Å². The maximum absolute atomic E-state index is 6.33. The molecular weight excluding hydrogens is 412 g/mol. The molecule has 0 saturated carbocycles. The molecule has 2 atom stereocenters. The number of anilines is 1. The summed E-state index contributed by atoms with van der Waals surface area (Å²) in [6.45, 7) is 5.30. The number of nitrogens with zero attached hydrogens (tertiary/aromatic N) is 4. The molecule has 0 bridgehead atoms. The highest BCUT2D eigenvalue weighted by Crippen LogP contribution is 2.26. The molecule has 7 nitrogen and oxygen atoms in total. The SMILES string of the molecule is CCNC(=NCC(c1ccc(OC)cc1)N(C)C)NC1CCN(c2ncccc2Cl)C1. The quantitative estimate of drug-likeness (QED) is 0.481. The number of aliphatic imine (C=N–C) groups is 1. The lowest BCUT2D eigenvalue weighted by Gasteiger charge is -2.24. The third-order valence-corrected chi connectivity index (χ3v) is 5.75. The molecule has 1 aliphatic heterocycles. The smallest absolute Gasteiger partial charge is 0.191 e. The third-order valence-electron chi connectivity index (χ3n) is 5.46. The van der Waals surface area contributed by atoms with Crippen LogP contribution in [0.3, 0.4) is 0 Å². The molecule has 168 valence electrons. The predicted molar refractivity (Wildman–Crippen MR) is 128 cm³/mol. The third kappa shape index (κ3) is 6.24. The van der Waals surface area contributed by atoms with E-state index in [0.29, 0.717) is 11.6 Å². The number of pyridine rings is 1. The fraction of sp³-hybridized carbons (Fsp3) is 0.478. The van der Waals surface area contributed by atoms with Gasteiger partial charge in [-0.25, -0.2) is 4.98 Å². The van der Waals surface area contributed by atoms with E-state index in [-0.39, 0.29) is 12.1 Å². The number of methoxy groups -OCH3 is 1. The van der Waals surface area contributed by atoms with E-state index in [1.165, 1.54) is 5.56 Å². The molecule has 0 aliphatic carbocycles. The molecule has 1 fully saturated rings. The van der Waals surface area contributed by atoms with Crippen molar-refractivity contribution in [1.82, 2.24) is 20.5 Å². The average Bonchev–Trinajstić information content (AvgIpc) is 3.22. The maximum atomic E-state index is 6.33. The van der Waals surface area contributed by atoms with Crippen molar-refractivity contribution in [3.05, 3.63) is 53.2 Å². The minimum Gasteiger partial charge on any atom is -0.497 e. The van der Waals surface area contributed by atoms with E-state index in [0.717, 1.165) is 43.6 Å². The molecule has 2 unspecified atom stereocenters. The highest BCUT2D eigenvalue weighted by atomic mass is 35.5. The van der Waals surface area contributed by atoms with Crippen molar-refractivity contribution in [3.8, 4) is 5.75 Å². The molecule has 1 saturated heterocycles. The second kappa shape index (κ2) is 11.2. The first-order chi connectivity index (χ1) is 15.0. The van der Waals surface area contributed by atoms with Crippen LogP contribution in [0, 0.1) is 0 Å². The molecule has 1 aromatic carbocycles. The Morgan fingerprint density at radius 2 is 2.10 bits per heavy atom. The summed E-state index contributed by atoms with van der Waals surface area (Å²) in [5.74, 6) is 2.54. The molecule has 0 spiro atoms. The first-order valence-electron chi connectivity index (χ1n) is 10.7. The normalized spacial score (nSPS) is 17.7. The van der Waals surface area contributed by atoms with Crippen LogP contribution in [0.4, 0.5) is 5.82 Å². The number of aromatic nitrogens is 1. The lowest BCUT2D eigenvalue weighted by atomic mass is 10.1. The Morgan fingerprint density at radius 3 is 2.74 bits per heavy atom. The molecule has 3 rings (SSSR count). The summed E-state index contributed by atoms with van der Waals surface area (Å²) in [6.07, 6.45) is 2.79. The van der Waals surface area contributed by atoms with Gasteiger partial charge in [-0.3, -0.25) is 4.99 Å². The molecule has 2 aromatic rings. The van der Waals surface area contributed by atoms with Crippen LogP contribution in [-0.2, 0) is 0 Å². The number of likely N-dealkylation sites (N-methyl/N-ethyl adjacent to an activating group) is 1. The zero-order valence-electron chi connectivity index (χ0n) is 18.8. The minimum atomic E-state index is 0.175. The Hall–Kier alpha value is -2.51. The summed E-state index contributed by atoms with van der Waals surface area (Å²) in [4.78, 5) is 13.8. The zero-order chi connectivity index (χ0) is 22.2. The van der Waals surface area contributed by atoms with Crippen LogP contribution in [0.25, 0.3) is 0 Å². The van der Waals surface area contributed by atoms with Crippen molar-refractivity contribution < 1.29 is 4.74 Å². The average molecular weight is 445 g/mol. The van der Waals surface area contributed by atoms with Gasteiger partial charge in [0.15, 0.2) is 5.96 Å². The van der Waals surface area contributed by atoms with Gasteiger partial charge in [0.05, 0.1) is 24.7 Å². The highest BCUT2D eigenvalue weighted by Gasteiger charge is 2.25. The first kappa shape index (κ1) is 23.2. The van der Waals surface area contributed by atoms with Crippen molar-refractivity contribution in [2.24, 2.45) is 4.99 Å². The summed E-state index contributed by atoms with van der Waals surface area (Å²) in [5, 5.41) is 7.66. The molecule has 31 heavy (non-hydrogen) atoms. The highest BCUT2D eigenvalue weighted by molar-refractivity contribution is 6.32. The fourth-order valence-corrected chi connectivity index (χ4v) is 4.01. The number of guanidine groups is 1. The van der Waals surface area contributed by atoms with E-state index < -0.39 is 0 Å². The second-order valence-corrected chi connectivity index (χ2v) is 8.26. The number of halogens is 1. The van der Waals surface area contributed by atoms with Crippen LogP contribution in [0.2, 0.25) is 5.02 Å². The Kier molecular flexibility index (Phi) is 8.37. The van der Waals surface area contributed by atoms with Crippen LogP contribution < -0.4 is 20.3 Å². The van der Waals surface area contributed by atoms with Crippen LogP contribution in [0.15, 0.2) is 47.6 Å². The largest absolute Gasteiger partial charge is 0.497 e. The van der Waals surface area contributed by atoms with Crippen LogP contribution in [-0.4, -0.2) is 69.3 Å². The van der Waals surface area contributed by atoms with E-state index in [2.05, 4.69) is 58.6 Å². The number of hydrogen-bond acceptors (Lipinski definition) is 5. The maximum Gasteiger partial charge on any atom is 0.191 e. The number of ether oxygens (including phenoxy) is 1. The molecule has 1 aromatic heterocycles. The Morgan fingerprint density at radius 1 is 1.32 bits per heavy atom. The van der Waals surface area contributed by atoms with Gasteiger partial charge >= 0.3 is 0 Å². The lowest BCUT2D eigenvalue weighted by Crippen LogP contribution is -2.45. The predicted octanol–water partition coefficient (Wildman–Crippen LogP) is 3.18. The molecular formula is C23H33ClN6O. The summed E-state index contributed by atoms with van der Waals surface area (Å²) in [7, 11) is 5.84. The van der Waals surface area contributed by atoms with Crippen molar-refractivity contribution >= 4 is 23.4 Å². The summed E-state index contributed by atoms with van der Waals surface area (Å²) in [6, 6.07) is 12.4. The number of benzene rings is 1. The van der Waals surface area contributed by atoms with Crippen LogP contribution in [0.5, 0.6) is 5.75 Å². The van der Waals surface area contributed by atoms with Gasteiger partial charge in [-0.05, 0) is 57.3 Å². The van der Waals surface area contributed by atoms with Crippen molar-refractivity contribution in [2.75, 3.05) is 52.3 Å². The summed E-state index contributed by atoms with van der Waals surface area (Å²) >= 11 is 6.33. The molecule has 2 N–H and O–H groups in total. The molecule has 8 heteroatoms. The Labute approximate surface area is 190 Å². The Balaban J connectivity index is 1.65. The van der Waals surface area contributed by atoms with E-state index in [4.69, 9.17) is 21.3 Å². The first-order valence-corrected chi connectivity index (χ1v) is 11.1. The number of hydrogen-bond donors (Lipinski definition) is 2. The van der Waals surface area contributed by atoms with Crippen molar-refractivity contribution in [3.63, 3.8) is 0 Å². The fourth-order valence-electron chi connectivity index (χ4n) is 3.76. The zero-order valence-corrected chi connectivity index (χ0v) is 19.6. The lowest BCUT2D eigenvalue weighted by molar-refractivity contribution is 0.306. The topological polar surface area (TPSA) is 65.0 Å². The standard InChI is InChI=1S/C23H33ClN6O/c1-5-25-23(27-15-21(29(2)3)17-8-10-19(31-4)11-9-17)28-18-12-14-30(16-18)22-20(24)7-6-13-26-22/h6-11,13,18,21H,5,12,14-16H2,1-4H3,(H2,25,27,28). The van der Waals surface area contributed by atoms with Gasteiger partial charge in [-0.15, -0.1) is 0 Å². The number of rotatable bonds is 8. The van der Waals surface area contributed by atoms with E-state index in [9.17, 15) is 0 Å². The summed E-state index contributed by atoms with van der Waals surface area (Å²) < 4.78 is 5.28. The summed E-state index contributed by atoms with van der Waals surface area (Å²) in [5.41, 5.74) is 1.21. The van der Waals surface area contributed by atoms with Gasteiger partial charge in [0, 0.05) is 31.9 Å². The monoisotopic (exact) mass is 444 g/mol. The molecule has 0 amide bonds. The van der Waals surface area contributed by atoms with Gasteiger partial charge in [0.1, 0.15) is 11.6 Å². The van der Waals surface area contributed by atoms with Gasteiger partial charge < -0.3 is 25.2 Å². The van der Waals surface area contributed by atoms with E-state index in [1.54, 1.807) is 13.3 Å². The van der Waals surface area contributed by atoms with Gasteiger partial charge in [-0.1, -0.05) is 23.7 Å². The van der Waals surface area contributed by atoms with Crippen LogP contribution >= 0.6 is 11.6 Å². The second-order valence-electron chi connectivity index (χ2n) is 7.86. The van der Waals surface area contributed by atoms with Crippen molar-refractivity contribution in [2.45, 2.75) is 25.4 Å². The van der Waals surface area contributed by atoms with Crippen LogP contribution in [0.1, 0.15) is 24.9 Å². The number of nitrogens with one attached hydrogen (secondary N) is 2. The van der Waals surface area contributed by atoms with Gasteiger partial charge in [0.2, 0.25) is 0 Å². The van der Waals surface area contributed by atoms with Gasteiger partial charge in [-0.2, -0.15) is 0 Å². The molecule has 0 radical (unpaired) electrons. The van der Waals surface area contributed by atoms with Crippen molar-refractivity contribution in [1.29, 1.82) is 0 Å². The van der Waals surface area contributed by atoms with E-state index >= 15 is 0 Å². The molecule has 2 heterocycles. The molecule has 1 aliphatic rings.